The van der Waals surface area contributed by atoms with E-state index in [-0.39, 0.29) is 16.3 Å². The van der Waals surface area contributed by atoms with Gasteiger partial charge in [0.15, 0.2) is 5.75 Å². The summed E-state index contributed by atoms with van der Waals surface area (Å²) in [7, 11) is 1.29. The summed E-state index contributed by atoms with van der Waals surface area (Å²) in [6, 6.07) is 8.58. The summed E-state index contributed by atoms with van der Waals surface area (Å²) in [5.41, 5.74) is 7.16. The SMILES string of the molecule is COC(=O)c1cc(N)cc(Cl)c1Oc1cc(Br)ccc1C. The minimum Gasteiger partial charge on any atom is -0.465 e. The Morgan fingerprint density at radius 2 is 2.00 bits per heavy atom. The van der Waals surface area contributed by atoms with Gasteiger partial charge in [-0.05, 0) is 36.8 Å². The molecule has 0 spiro atoms. The first-order chi connectivity index (χ1) is 9.92. The molecule has 21 heavy (non-hydrogen) atoms. The van der Waals surface area contributed by atoms with Gasteiger partial charge in [0, 0.05) is 10.2 Å². The molecule has 0 aliphatic carbocycles. The molecule has 0 saturated carbocycles. The first-order valence-electron chi connectivity index (χ1n) is 6.03. The Bertz CT molecular complexity index is 704. The smallest absolute Gasteiger partial charge is 0.341 e. The summed E-state index contributed by atoms with van der Waals surface area (Å²) in [4.78, 5) is 11.9. The number of hydrogen-bond acceptors (Lipinski definition) is 4. The van der Waals surface area contributed by atoms with Gasteiger partial charge in [0.25, 0.3) is 0 Å². The lowest BCUT2D eigenvalue weighted by Crippen LogP contribution is -2.05. The van der Waals surface area contributed by atoms with E-state index in [9.17, 15) is 4.79 Å². The monoisotopic (exact) mass is 369 g/mol. The summed E-state index contributed by atoms with van der Waals surface area (Å²) >= 11 is 9.53. The van der Waals surface area contributed by atoms with E-state index in [2.05, 4.69) is 15.9 Å². The minimum atomic E-state index is -0.563. The van der Waals surface area contributed by atoms with E-state index in [1.807, 2.05) is 19.1 Å². The van der Waals surface area contributed by atoms with Crippen molar-refractivity contribution in [3.05, 3.63) is 51.0 Å². The number of methoxy groups -OCH3 is 1. The number of rotatable bonds is 3. The average molecular weight is 371 g/mol. The Labute approximate surface area is 135 Å². The Kier molecular flexibility index (Phi) is 4.75. The Hall–Kier alpha value is -1.72. The number of ether oxygens (including phenoxy) is 2. The van der Waals surface area contributed by atoms with Crippen molar-refractivity contribution in [3.8, 4) is 11.5 Å². The number of hydrogen-bond donors (Lipinski definition) is 1. The lowest BCUT2D eigenvalue weighted by atomic mass is 10.1. The summed E-state index contributed by atoms with van der Waals surface area (Å²) < 4.78 is 11.4. The maximum atomic E-state index is 11.9. The van der Waals surface area contributed by atoms with Crippen molar-refractivity contribution >= 4 is 39.2 Å². The van der Waals surface area contributed by atoms with Crippen LogP contribution in [0.1, 0.15) is 15.9 Å². The second kappa shape index (κ2) is 6.37. The summed E-state index contributed by atoms with van der Waals surface area (Å²) in [6.45, 7) is 1.89. The van der Waals surface area contributed by atoms with Gasteiger partial charge in [0.1, 0.15) is 11.3 Å². The van der Waals surface area contributed by atoms with Crippen molar-refractivity contribution in [1.82, 2.24) is 0 Å². The van der Waals surface area contributed by atoms with Gasteiger partial charge in [-0.25, -0.2) is 4.79 Å². The molecule has 0 aromatic heterocycles. The van der Waals surface area contributed by atoms with Crippen molar-refractivity contribution in [2.75, 3.05) is 12.8 Å². The third-order valence-electron chi connectivity index (χ3n) is 2.83. The zero-order valence-corrected chi connectivity index (χ0v) is 13.8. The summed E-state index contributed by atoms with van der Waals surface area (Å²) in [5, 5.41) is 0.245. The van der Waals surface area contributed by atoms with Crippen LogP contribution in [-0.4, -0.2) is 13.1 Å². The van der Waals surface area contributed by atoms with Crippen LogP contribution in [0.15, 0.2) is 34.8 Å². The molecule has 0 fully saturated rings. The van der Waals surface area contributed by atoms with Crippen LogP contribution in [0.4, 0.5) is 5.69 Å². The predicted octanol–water partition coefficient (Wildman–Crippen LogP) is 4.57. The third-order valence-corrected chi connectivity index (χ3v) is 3.61. The highest BCUT2D eigenvalue weighted by Gasteiger charge is 2.19. The van der Waals surface area contributed by atoms with E-state index < -0.39 is 5.97 Å². The fourth-order valence-electron chi connectivity index (χ4n) is 1.77. The van der Waals surface area contributed by atoms with Gasteiger partial charge in [-0.3, -0.25) is 0 Å². The molecule has 2 N–H and O–H groups in total. The number of carbonyl (C=O) groups is 1. The van der Waals surface area contributed by atoms with E-state index >= 15 is 0 Å². The van der Waals surface area contributed by atoms with Crippen LogP contribution in [0.3, 0.4) is 0 Å². The number of halogens is 2. The molecule has 0 unspecified atom stereocenters. The van der Waals surface area contributed by atoms with Crippen LogP contribution in [0, 0.1) is 6.92 Å². The van der Waals surface area contributed by atoms with Gasteiger partial charge in [-0.2, -0.15) is 0 Å². The fourth-order valence-corrected chi connectivity index (χ4v) is 2.38. The quantitative estimate of drug-likeness (QED) is 0.635. The van der Waals surface area contributed by atoms with Gasteiger partial charge in [0.05, 0.1) is 12.1 Å². The van der Waals surface area contributed by atoms with Crippen LogP contribution in [0.25, 0.3) is 0 Å². The van der Waals surface area contributed by atoms with Crippen molar-refractivity contribution in [3.63, 3.8) is 0 Å². The first kappa shape index (κ1) is 15.7. The largest absolute Gasteiger partial charge is 0.465 e. The van der Waals surface area contributed by atoms with Crippen molar-refractivity contribution < 1.29 is 14.3 Å². The highest BCUT2D eigenvalue weighted by atomic mass is 79.9. The van der Waals surface area contributed by atoms with E-state index in [0.717, 1.165) is 10.0 Å². The standard InChI is InChI=1S/C15H13BrClNO3/c1-8-3-4-9(16)5-13(8)21-14-11(15(19)20-2)6-10(18)7-12(14)17/h3-7H,18H2,1-2H3. The third kappa shape index (κ3) is 3.49. The topological polar surface area (TPSA) is 61.5 Å². The molecule has 0 aliphatic rings. The van der Waals surface area contributed by atoms with Crippen molar-refractivity contribution in [2.45, 2.75) is 6.92 Å². The number of nitrogen functional groups attached to an aromatic ring is 1. The number of aryl methyl sites for hydroxylation is 1. The molecule has 0 heterocycles. The molecular formula is C15H13BrClNO3. The second-order valence-electron chi connectivity index (χ2n) is 4.38. The van der Waals surface area contributed by atoms with Crippen molar-refractivity contribution in [2.24, 2.45) is 0 Å². The zero-order valence-electron chi connectivity index (χ0n) is 11.4. The van der Waals surface area contributed by atoms with Gasteiger partial charge >= 0.3 is 5.97 Å². The predicted molar refractivity (Wildman–Crippen MR) is 86.2 cm³/mol. The molecule has 0 radical (unpaired) electrons. The minimum absolute atomic E-state index is 0.182. The van der Waals surface area contributed by atoms with Gasteiger partial charge in [-0.15, -0.1) is 0 Å². The average Bonchev–Trinajstić information content (AvgIpc) is 2.44. The van der Waals surface area contributed by atoms with Gasteiger partial charge in [-0.1, -0.05) is 33.6 Å². The molecule has 0 bridgehead atoms. The molecule has 2 aromatic rings. The summed E-state index contributed by atoms with van der Waals surface area (Å²) in [6.07, 6.45) is 0. The Balaban J connectivity index is 2.53. The van der Waals surface area contributed by atoms with Gasteiger partial charge in [0.2, 0.25) is 0 Å². The van der Waals surface area contributed by atoms with E-state index in [1.54, 1.807) is 6.07 Å². The van der Waals surface area contributed by atoms with Crippen LogP contribution >= 0.6 is 27.5 Å². The van der Waals surface area contributed by atoms with Crippen molar-refractivity contribution in [1.29, 1.82) is 0 Å². The van der Waals surface area contributed by atoms with Crippen LogP contribution in [0.5, 0.6) is 11.5 Å². The number of esters is 1. The second-order valence-corrected chi connectivity index (χ2v) is 5.71. The molecule has 0 amide bonds. The Morgan fingerprint density at radius 3 is 2.67 bits per heavy atom. The van der Waals surface area contributed by atoms with Gasteiger partial charge < -0.3 is 15.2 Å². The molecule has 6 heteroatoms. The summed E-state index contributed by atoms with van der Waals surface area (Å²) in [5.74, 6) is 0.243. The fraction of sp³-hybridized carbons (Fsp3) is 0.133. The molecule has 110 valence electrons. The number of nitrogens with two attached hydrogens (primary N) is 1. The Morgan fingerprint density at radius 1 is 1.29 bits per heavy atom. The van der Waals surface area contributed by atoms with Crippen LogP contribution in [-0.2, 0) is 4.74 Å². The molecule has 2 aromatic carbocycles. The molecule has 4 nitrogen and oxygen atoms in total. The molecule has 2 rings (SSSR count). The van der Waals surface area contributed by atoms with E-state index in [1.165, 1.54) is 19.2 Å². The van der Waals surface area contributed by atoms with E-state index in [4.69, 9.17) is 26.8 Å². The molecule has 0 atom stereocenters. The maximum absolute atomic E-state index is 11.9. The lowest BCUT2D eigenvalue weighted by molar-refractivity contribution is 0.0598. The highest BCUT2D eigenvalue weighted by Crippen LogP contribution is 2.37. The number of benzene rings is 2. The molecule has 0 saturated heterocycles. The molecule has 0 aliphatic heterocycles. The number of carbonyl (C=O) groups excluding carboxylic acids is 1. The lowest BCUT2D eigenvalue weighted by Gasteiger charge is -2.14. The maximum Gasteiger partial charge on any atom is 0.341 e. The highest BCUT2D eigenvalue weighted by molar-refractivity contribution is 9.10. The normalized spacial score (nSPS) is 10.3. The zero-order chi connectivity index (χ0) is 15.6. The molecular weight excluding hydrogens is 358 g/mol. The number of anilines is 1. The first-order valence-corrected chi connectivity index (χ1v) is 7.21. The van der Waals surface area contributed by atoms with E-state index in [0.29, 0.717) is 11.4 Å². The van der Waals surface area contributed by atoms with Crippen LogP contribution < -0.4 is 10.5 Å². The van der Waals surface area contributed by atoms with Crippen LogP contribution in [0.2, 0.25) is 5.02 Å².